The van der Waals surface area contributed by atoms with Crippen molar-refractivity contribution in [2.75, 3.05) is 7.11 Å². The van der Waals surface area contributed by atoms with Crippen molar-refractivity contribution in [2.24, 2.45) is 0 Å². The van der Waals surface area contributed by atoms with E-state index in [1.165, 1.54) is 0 Å². The van der Waals surface area contributed by atoms with Crippen molar-refractivity contribution in [1.29, 1.82) is 0 Å². The quantitative estimate of drug-likeness (QED) is 0.426. The summed E-state index contributed by atoms with van der Waals surface area (Å²) in [7, 11) is 1.68. The predicted molar refractivity (Wildman–Crippen MR) is 98.6 cm³/mol. The fourth-order valence-corrected chi connectivity index (χ4v) is 3.15. The number of methoxy groups -OCH3 is 1. The first-order chi connectivity index (χ1) is 11.8. The van der Waals surface area contributed by atoms with Gasteiger partial charge in [0, 0.05) is 16.1 Å². The second kappa shape index (κ2) is 7.42. The molecule has 2 aromatic carbocycles. The van der Waals surface area contributed by atoms with Crippen LogP contribution >= 0.6 is 15.9 Å². The lowest BCUT2D eigenvalue weighted by atomic mass is 10.1. The lowest BCUT2D eigenvalue weighted by Gasteiger charge is -2.04. The summed E-state index contributed by atoms with van der Waals surface area (Å²) in [6.07, 6.45) is 4.22. The van der Waals surface area contributed by atoms with Crippen LogP contribution in [0.5, 0.6) is 5.75 Å². The number of halogens is 2. The van der Waals surface area contributed by atoms with Crippen molar-refractivity contribution >= 4 is 21.6 Å². The normalized spacial score (nSPS) is 10.5. The molecule has 0 aliphatic heterocycles. The molecule has 126 valence electrons. The highest BCUT2D eigenvalue weighted by atomic mass is 79.9. The smallest absolute Gasteiger partial charge is 0.291 e. The summed E-state index contributed by atoms with van der Waals surface area (Å²) in [5.41, 5.74) is 4.51. The van der Waals surface area contributed by atoms with Crippen molar-refractivity contribution in [1.82, 2.24) is 4.57 Å². The van der Waals surface area contributed by atoms with E-state index in [4.69, 9.17) is 4.74 Å². The Morgan fingerprint density at radius 3 is 2.32 bits per heavy atom. The molecule has 0 N–H and O–H groups in total. The molecule has 0 fully saturated rings. The average molecular weight is 460 g/mol. The van der Waals surface area contributed by atoms with E-state index in [1.54, 1.807) is 7.11 Å². The zero-order valence-corrected chi connectivity index (χ0v) is 16.7. The molecular weight excluding hydrogens is 444 g/mol. The van der Waals surface area contributed by atoms with Gasteiger partial charge in [-0.25, -0.2) is 4.40 Å². The average Bonchev–Trinajstić information content (AvgIpc) is 3.02. The van der Waals surface area contributed by atoms with Gasteiger partial charge in [-0.3, -0.25) is 0 Å². The Kier molecular flexibility index (Phi) is 5.25. The molecule has 0 spiro atoms. The summed E-state index contributed by atoms with van der Waals surface area (Å²) in [6, 6.07) is 22.7. The van der Waals surface area contributed by atoms with Crippen LogP contribution in [0.3, 0.4) is 0 Å². The van der Waals surface area contributed by atoms with Crippen LogP contribution in [0.15, 0.2) is 83.6 Å². The molecule has 0 aliphatic carbocycles. The van der Waals surface area contributed by atoms with E-state index in [9.17, 15) is 0 Å². The third-order valence-electron chi connectivity index (χ3n) is 4.07. The Hall–Kier alpha value is -2.11. The third-order valence-corrected chi connectivity index (χ3v) is 4.60. The van der Waals surface area contributed by atoms with Crippen LogP contribution in [-0.2, 0) is 0 Å². The molecule has 2 heterocycles. The first kappa shape index (κ1) is 17.7. The van der Waals surface area contributed by atoms with Crippen molar-refractivity contribution < 1.29 is 26.1 Å². The van der Waals surface area contributed by atoms with Crippen LogP contribution in [0.25, 0.3) is 22.6 Å². The van der Waals surface area contributed by atoms with Gasteiger partial charge >= 0.3 is 0 Å². The third kappa shape index (κ3) is 3.34. The molecule has 4 aromatic rings. The fraction of sp³-hybridized carbons (Fsp3) is 0.0500. The maximum Gasteiger partial charge on any atom is 0.291 e. The van der Waals surface area contributed by atoms with Crippen LogP contribution in [-0.4, -0.2) is 11.7 Å². The van der Waals surface area contributed by atoms with Crippen molar-refractivity contribution in [3.05, 3.63) is 83.6 Å². The number of imidazole rings is 1. The number of rotatable bonds is 3. The monoisotopic (exact) mass is 458 g/mol. The lowest BCUT2D eigenvalue weighted by molar-refractivity contribution is -0.510. The first-order valence-electron chi connectivity index (χ1n) is 7.68. The number of hydrogen-bond acceptors (Lipinski definition) is 1. The number of ether oxygens (including phenoxy) is 1. The van der Waals surface area contributed by atoms with E-state index >= 15 is 0 Å². The Bertz CT molecular complexity index is 993. The Morgan fingerprint density at radius 2 is 1.64 bits per heavy atom. The van der Waals surface area contributed by atoms with Gasteiger partial charge in [0.2, 0.25) is 0 Å². The molecule has 0 bridgehead atoms. The summed E-state index contributed by atoms with van der Waals surface area (Å²) >= 11 is 3.51. The SMILES string of the molecule is COc1ccc(-n2c(-c3ccc(Br)cc3)c[n+]3ccccc23)cc1.[Br-]. The molecule has 0 saturated carbocycles. The fourth-order valence-electron chi connectivity index (χ4n) is 2.89. The number of pyridine rings is 1. The highest BCUT2D eigenvalue weighted by Crippen LogP contribution is 2.27. The highest BCUT2D eigenvalue weighted by molar-refractivity contribution is 9.10. The predicted octanol–water partition coefficient (Wildman–Crippen LogP) is 1.66. The Balaban J connectivity index is 0.00000182. The van der Waals surface area contributed by atoms with E-state index in [2.05, 4.69) is 85.8 Å². The lowest BCUT2D eigenvalue weighted by Crippen LogP contribution is -3.00. The van der Waals surface area contributed by atoms with E-state index in [0.29, 0.717) is 0 Å². The van der Waals surface area contributed by atoms with Gasteiger partial charge < -0.3 is 21.7 Å². The van der Waals surface area contributed by atoms with Gasteiger partial charge in [0.05, 0.1) is 13.3 Å². The molecule has 0 amide bonds. The first-order valence-corrected chi connectivity index (χ1v) is 8.48. The van der Waals surface area contributed by atoms with Crippen LogP contribution in [0.4, 0.5) is 0 Å². The van der Waals surface area contributed by atoms with Gasteiger partial charge in [0.25, 0.3) is 5.65 Å². The van der Waals surface area contributed by atoms with Gasteiger partial charge in [0.15, 0.2) is 5.69 Å². The van der Waals surface area contributed by atoms with Crippen molar-refractivity contribution in [3.63, 3.8) is 0 Å². The Morgan fingerprint density at radius 1 is 0.920 bits per heavy atom. The molecule has 0 atom stereocenters. The second-order valence-corrected chi connectivity index (χ2v) is 6.44. The molecule has 25 heavy (non-hydrogen) atoms. The highest BCUT2D eigenvalue weighted by Gasteiger charge is 2.20. The molecule has 0 unspecified atom stereocenters. The van der Waals surface area contributed by atoms with Crippen LogP contribution < -0.4 is 26.1 Å². The van der Waals surface area contributed by atoms with Gasteiger partial charge in [0.1, 0.15) is 17.6 Å². The topological polar surface area (TPSA) is 18.3 Å². The zero-order valence-electron chi connectivity index (χ0n) is 13.6. The van der Waals surface area contributed by atoms with Gasteiger partial charge in [-0.05, 0) is 54.6 Å². The molecule has 0 radical (unpaired) electrons. The van der Waals surface area contributed by atoms with E-state index in [0.717, 1.165) is 32.8 Å². The maximum atomic E-state index is 5.28. The molecule has 3 nitrogen and oxygen atoms in total. The van der Waals surface area contributed by atoms with Crippen LogP contribution in [0.1, 0.15) is 0 Å². The van der Waals surface area contributed by atoms with E-state index in [-0.39, 0.29) is 17.0 Å². The summed E-state index contributed by atoms with van der Waals surface area (Å²) in [5.74, 6) is 0.855. The van der Waals surface area contributed by atoms with Crippen LogP contribution in [0.2, 0.25) is 0 Å². The van der Waals surface area contributed by atoms with Crippen molar-refractivity contribution in [2.45, 2.75) is 0 Å². The number of benzene rings is 2. The second-order valence-electron chi connectivity index (χ2n) is 5.52. The maximum absolute atomic E-state index is 5.28. The number of fused-ring (bicyclic) bond motifs is 1. The van der Waals surface area contributed by atoms with E-state index < -0.39 is 0 Å². The zero-order chi connectivity index (χ0) is 16.5. The molecule has 2 aromatic heterocycles. The minimum atomic E-state index is 0. The number of aromatic nitrogens is 2. The summed E-state index contributed by atoms with van der Waals surface area (Å²) in [4.78, 5) is 0. The number of hydrogen-bond donors (Lipinski definition) is 0. The molecule has 5 heteroatoms. The van der Waals surface area contributed by atoms with Gasteiger partial charge in [-0.15, -0.1) is 0 Å². The van der Waals surface area contributed by atoms with E-state index in [1.807, 2.05) is 18.2 Å². The van der Waals surface area contributed by atoms with Gasteiger partial charge in [-0.1, -0.05) is 22.0 Å². The molecule has 0 saturated heterocycles. The van der Waals surface area contributed by atoms with Gasteiger partial charge in [-0.2, -0.15) is 4.57 Å². The molecule has 4 rings (SSSR count). The minimum Gasteiger partial charge on any atom is -1.00 e. The van der Waals surface area contributed by atoms with Crippen molar-refractivity contribution in [3.8, 4) is 22.7 Å². The summed E-state index contributed by atoms with van der Waals surface area (Å²) in [6.45, 7) is 0. The standard InChI is InChI=1S/C20H16BrN2O.BrH/c1-24-18-11-9-17(10-12-18)23-19(15-5-7-16(21)8-6-15)14-22-13-3-2-4-20(22)23;/h2-14H,1H3;1H/q+1;/p-1. The molecular formula is C20H16Br2N2O. The summed E-state index contributed by atoms with van der Waals surface area (Å²) in [5, 5.41) is 0. The minimum absolute atomic E-state index is 0. The largest absolute Gasteiger partial charge is 1.00 e. The van der Waals surface area contributed by atoms with Crippen LogP contribution in [0, 0.1) is 0 Å². The molecule has 0 aliphatic rings. The summed E-state index contributed by atoms with van der Waals surface area (Å²) < 4.78 is 10.8. The number of nitrogens with zero attached hydrogens (tertiary/aromatic N) is 2. The Labute approximate surface area is 165 Å².